The fourth-order valence-corrected chi connectivity index (χ4v) is 3.08. The van der Waals surface area contributed by atoms with E-state index in [0.29, 0.717) is 8.95 Å². The number of hydrogen-bond donors (Lipinski definition) is 0. The van der Waals surface area contributed by atoms with Crippen LogP contribution in [0, 0.1) is 0 Å². The Morgan fingerprint density at radius 3 is 1.00 bits per heavy atom. The van der Waals surface area contributed by atoms with Crippen molar-refractivity contribution in [2.45, 2.75) is 52.7 Å². The van der Waals surface area contributed by atoms with Gasteiger partial charge in [-0.1, -0.05) is 12.1 Å². The van der Waals surface area contributed by atoms with E-state index in [9.17, 15) is 19.8 Å². The van der Waals surface area contributed by atoms with Gasteiger partial charge < -0.3 is 49.1 Å². The van der Waals surface area contributed by atoms with E-state index >= 15 is 0 Å². The van der Waals surface area contributed by atoms with Crippen LogP contribution in [0.3, 0.4) is 0 Å². The normalized spacial score (nSPS) is 9.27. The summed E-state index contributed by atoms with van der Waals surface area (Å²) in [6.07, 6.45) is 7.00. The molecule has 0 unspecified atom stereocenters. The summed E-state index contributed by atoms with van der Waals surface area (Å²) in [6, 6.07) is 14.4. The van der Waals surface area contributed by atoms with Crippen LogP contribution in [-0.4, -0.2) is 45.0 Å². The molecule has 12 nitrogen and oxygen atoms in total. The molecular weight excluding hydrogens is 890 g/mol. The third-order valence-corrected chi connectivity index (χ3v) is 5.07. The Morgan fingerprint density at radius 2 is 0.841 bits per heavy atom. The van der Waals surface area contributed by atoms with Crippen molar-refractivity contribution in [1.29, 1.82) is 0 Å². The zero-order valence-corrected chi connectivity index (χ0v) is 30.8. The molecule has 2 aromatic heterocycles. The van der Waals surface area contributed by atoms with Gasteiger partial charge in [0.2, 0.25) is 0 Å². The van der Waals surface area contributed by atoms with Crippen molar-refractivity contribution >= 4 is 55.7 Å². The first-order valence-electron chi connectivity index (χ1n) is 11.7. The molecule has 0 atom stereocenters. The Bertz CT molecular complexity index is 1100. The number of benzene rings is 1. The van der Waals surface area contributed by atoms with E-state index < -0.39 is 35.1 Å². The molecule has 44 heavy (non-hydrogen) atoms. The molecule has 0 amide bonds. The molecular formula is C28H30Br2N2O10Rh2. The Hall–Kier alpha value is -2.79. The third kappa shape index (κ3) is 25.7. The molecule has 2 heterocycles. The molecule has 3 aromatic rings. The molecule has 0 aliphatic rings. The van der Waals surface area contributed by atoms with Gasteiger partial charge in [-0.2, -0.15) is 0 Å². The van der Waals surface area contributed by atoms with Crippen LogP contribution in [0.15, 0.2) is 82.3 Å². The summed E-state index contributed by atoms with van der Waals surface area (Å²) in [7, 11) is 0. The number of aliphatic carboxylic acids is 4. The number of aromatic nitrogens is 2. The zero-order chi connectivity index (χ0) is 32.9. The number of halogens is 2. The Labute approximate surface area is 298 Å². The number of carboxylic acids is 4. The van der Waals surface area contributed by atoms with E-state index in [2.05, 4.69) is 41.8 Å². The predicted molar refractivity (Wildman–Crippen MR) is 151 cm³/mol. The van der Waals surface area contributed by atoms with Gasteiger partial charge in [0, 0.05) is 42.8 Å². The van der Waals surface area contributed by atoms with Crippen LogP contribution in [0.5, 0.6) is 11.5 Å². The number of carbonyl (C=O) groups is 4. The summed E-state index contributed by atoms with van der Waals surface area (Å²) < 4.78 is 11.7. The minimum atomic E-state index is -1.57. The van der Waals surface area contributed by atoms with Crippen molar-refractivity contribution in [2.24, 2.45) is 0 Å². The van der Waals surface area contributed by atoms with Gasteiger partial charge in [0.1, 0.15) is 22.7 Å². The number of rotatable bonds is 6. The van der Waals surface area contributed by atoms with E-state index in [4.69, 9.17) is 29.3 Å². The van der Waals surface area contributed by atoms with Crippen LogP contribution in [0.1, 0.15) is 41.5 Å². The maximum absolute atomic E-state index is 11.0. The SMILES string of the molecule is CC(=O)[O-].CC(=O)[O-].CC(C)(Oc1cc(OC(C)(C)C(=O)[O-])c(Br)cc1Br)C(=O)[O-].[Rh+2].[Rh+2].c1ccncc1.c1ccncc1. The summed E-state index contributed by atoms with van der Waals surface area (Å²) in [6.45, 7) is 7.29. The average molecular weight is 920 g/mol. The maximum Gasteiger partial charge on any atom is 2.00 e. The molecule has 3 rings (SSSR count). The third-order valence-electron chi connectivity index (χ3n) is 3.83. The molecule has 2 radical (unpaired) electrons. The Kier molecular flexibility index (Phi) is 27.9. The van der Waals surface area contributed by atoms with Crippen molar-refractivity contribution in [1.82, 2.24) is 9.97 Å². The molecule has 0 fully saturated rings. The molecule has 244 valence electrons. The second-order valence-electron chi connectivity index (χ2n) is 8.55. The van der Waals surface area contributed by atoms with Gasteiger partial charge in [0.25, 0.3) is 0 Å². The van der Waals surface area contributed by atoms with Crippen LogP contribution >= 0.6 is 31.9 Å². The second kappa shape index (κ2) is 25.5. The number of ether oxygens (including phenoxy) is 2. The fraction of sp³-hybridized carbons (Fsp3) is 0.286. The van der Waals surface area contributed by atoms with Gasteiger partial charge in [-0.15, -0.1) is 0 Å². The molecule has 0 aliphatic carbocycles. The monoisotopic (exact) mass is 918 g/mol. The largest absolute Gasteiger partial charge is 2.00 e. The molecule has 0 spiro atoms. The van der Waals surface area contributed by atoms with E-state index in [-0.39, 0.29) is 50.5 Å². The van der Waals surface area contributed by atoms with Crippen LogP contribution < -0.4 is 29.9 Å². The minimum Gasteiger partial charge on any atom is -0.550 e. The topological polar surface area (TPSA) is 205 Å². The van der Waals surface area contributed by atoms with E-state index in [1.165, 1.54) is 33.8 Å². The van der Waals surface area contributed by atoms with Gasteiger partial charge in [-0.3, -0.25) is 9.97 Å². The van der Waals surface area contributed by atoms with Crippen molar-refractivity contribution in [3.8, 4) is 11.5 Å². The van der Waals surface area contributed by atoms with Gasteiger partial charge in [-0.25, -0.2) is 0 Å². The average Bonchev–Trinajstić information content (AvgIpc) is 2.89. The van der Waals surface area contributed by atoms with Gasteiger partial charge in [0.05, 0.1) is 20.9 Å². The molecule has 0 aliphatic heterocycles. The van der Waals surface area contributed by atoms with Crippen LogP contribution in [-0.2, 0) is 58.1 Å². The van der Waals surface area contributed by atoms with Crippen molar-refractivity contribution < 1.29 is 88.0 Å². The number of pyridine rings is 2. The van der Waals surface area contributed by atoms with E-state index in [1.807, 2.05) is 36.4 Å². The van der Waals surface area contributed by atoms with Crippen molar-refractivity contribution in [2.75, 3.05) is 0 Å². The summed E-state index contributed by atoms with van der Waals surface area (Å²) in [5.41, 5.74) is -3.14. The summed E-state index contributed by atoms with van der Waals surface area (Å²) in [5, 5.41) is 39.8. The molecule has 0 saturated carbocycles. The second-order valence-corrected chi connectivity index (χ2v) is 10.3. The van der Waals surface area contributed by atoms with Crippen molar-refractivity contribution in [3.63, 3.8) is 0 Å². The van der Waals surface area contributed by atoms with Crippen LogP contribution in [0.25, 0.3) is 0 Å². The molecule has 0 bridgehead atoms. The van der Waals surface area contributed by atoms with E-state index in [1.54, 1.807) is 30.9 Å². The molecule has 0 N–H and O–H groups in total. The number of carboxylic acid groups (broad SMARTS) is 4. The van der Waals surface area contributed by atoms with Crippen LogP contribution in [0.2, 0.25) is 0 Å². The smallest absolute Gasteiger partial charge is 0.550 e. The summed E-state index contributed by atoms with van der Waals surface area (Å²) >= 11 is 6.48. The first-order chi connectivity index (χ1) is 19.3. The fourth-order valence-electron chi connectivity index (χ4n) is 1.93. The number of hydrogen-bond acceptors (Lipinski definition) is 12. The van der Waals surface area contributed by atoms with Gasteiger partial charge in [-0.05, 0) is 104 Å². The molecule has 16 heteroatoms. The Balaban J connectivity index is -0.000000293. The first-order valence-corrected chi connectivity index (χ1v) is 13.3. The maximum atomic E-state index is 11.0. The summed E-state index contributed by atoms with van der Waals surface area (Å²) in [4.78, 5) is 47.4. The van der Waals surface area contributed by atoms with Gasteiger partial charge >= 0.3 is 39.0 Å². The van der Waals surface area contributed by atoms with Crippen LogP contribution in [0.4, 0.5) is 0 Å². The van der Waals surface area contributed by atoms with Crippen molar-refractivity contribution in [3.05, 3.63) is 82.3 Å². The first kappa shape index (κ1) is 48.1. The molecule has 1 aromatic carbocycles. The minimum absolute atomic E-state index is 0. The number of carbonyl (C=O) groups excluding carboxylic acids is 4. The van der Waals surface area contributed by atoms with E-state index in [0.717, 1.165) is 13.8 Å². The predicted octanol–water partition coefficient (Wildman–Crippen LogP) is 0.697. The number of nitrogens with zero attached hydrogens (tertiary/aromatic N) is 2. The summed E-state index contributed by atoms with van der Waals surface area (Å²) in [5.74, 6) is -4.61. The standard InChI is InChI=1S/C14H16Br2O6.2C5H5N.2C2H4O2.2Rh/c1-13(2,11(17)18)21-9-6-10(8(16)5-7(9)15)22-14(3,4)12(19)20;2*1-2-4-6-5-3-1;2*1-2(3)4;;/h5-6H,1-4H3,(H,17,18)(H,19,20);2*1-5H;2*1H3,(H,3,4);;/q;;;;;2*+2/p-4. The molecule has 0 saturated heterocycles. The quantitative estimate of drug-likeness (QED) is 0.314. The van der Waals surface area contributed by atoms with Gasteiger partial charge in [0.15, 0.2) is 0 Å². The zero-order valence-electron chi connectivity index (χ0n) is 24.3. The Morgan fingerprint density at radius 1 is 0.591 bits per heavy atom.